The Morgan fingerprint density at radius 3 is 2.21 bits per heavy atom. The number of nitrogens with two attached hydrogens (primary N) is 1. The minimum absolute atomic E-state index is 0.229. The van der Waals surface area contributed by atoms with Crippen LogP contribution in [0.4, 0.5) is 0 Å². The molecule has 0 amide bonds. The number of nitrogens with zero attached hydrogens (tertiary/aromatic N) is 1. The molecule has 0 radical (unpaired) electrons. The van der Waals surface area contributed by atoms with E-state index in [4.69, 9.17) is 15.5 Å². The Bertz CT molecular complexity index is 302. The van der Waals surface area contributed by atoms with E-state index >= 15 is 0 Å². The average molecular weight is 272 g/mol. The van der Waals surface area contributed by atoms with Crippen LogP contribution in [0.1, 0.15) is 53.9 Å². The van der Waals surface area contributed by atoms with E-state index in [1.54, 1.807) is 0 Å². The molecule has 112 valence electrons. The van der Waals surface area contributed by atoms with Gasteiger partial charge in [-0.1, -0.05) is 0 Å². The molecular weight excluding hydrogens is 244 g/mol. The van der Waals surface area contributed by atoms with E-state index in [2.05, 4.69) is 18.7 Å². The van der Waals surface area contributed by atoms with Crippen molar-refractivity contribution in [2.45, 2.75) is 71.1 Å². The van der Waals surface area contributed by atoms with E-state index in [1.165, 1.54) is 0 Å². The van der Waals surface area contributed by atoms with Crippen LogP contribution < -0.4 is 5.90 Å². The zero-order valence-corrected chi connectivity index (χ0v) is 12.9. The van der Waals surface area contributed by atoms with Crippen LogP contribution in [0.25, 0.3) is 0 Å². The number of ether oxygens (including phenoxy) is 1. The van der Waals surface area contributed by atoms with Crippen molar-refractivity contribution < 1.29 is 14.4 Å². The average Bonchev–Trinajstić information content (AvgIpc) is 2.26. The highest BCUT2D eigenvalue weighted by Gasteiger charge is 2.39. The third-order valence-corrected chi connectivity index (χ3v) is 3.58. The molecule has 1 rings (SSSR count). The van der Waals surface area contributed by atoms with Crippen molar-refractivity contribution in [3.05, 3.63) is 0 Å². The second-order valence-corrected chi connectivity index (χ2v) is 6.69. The lowest BCUT2D eigenvalue weighted by Crippen LogP contribution is -2.50. The van der Waals surface area contributed by atoms with Crippen LogP contribution in [-0.4, -0.2) is 41.2 Å². The van der Waals surface area contributed by atoms with Crippen molar-refractivity contribution >= 4 is 5.97 Å². The normalized spacial score (nSPS) is 20.6. The summed E-state index contributed by atoms with van der Waals surface area (Å²) in [7, 11) is 0. The monoisotopic (exact) mass is 272 g/mol. The van der Waals surface area contributed by atoms with E-state index in [-0.39, 0.29) is 12.4 Å². The van der Waals surface area contributed by atoms with Gasteiger partial charge in [0.25, 0.3) is 0 Å². The first kappa shape index (κ1) is 16.4. The Balaban J connectivity index is 2.56. The quantitative estimate of drug-likeness (QED) is 0.625. The van der Waals surface area contributed by atoms with Gasteiger partial charge in [-0.3, -0.25) is 9.63 Å². The van der Waals surface area contributed by atoms with Crippen molar-refractivity contribution in [1.29, 1.82) is 0 Å². The van der Waals surface area contributed by atoms with E-state index in [0.717, 1.165) is 25.9 Å². The molecule has 0 aromatic carbocycles. The highest BCUT2D eigenvalue weighted by molar-refractivity contribution is 5.71. The van der Waals surface area contributed by atoms with Crippen LogP contribution in [0.5, 0.6) is 0 Å². The predicted molar refractivity (Wildman–Crippen MR) is 74.4 cm³/mol. The van der Waals surface area contributed by atoms with Crippen molar-refractivity contribution in [2.24, 2.45) is 5.90 Å². The molecule has 0 aromatic rings. The summed E-state index contributed by atoms with van der Waals surface area (Å²) in [6.45, 7) is 11.7. The SMILES string of the molecule is CC(C)N1CCC(CC(=O)OC(C)(C)C)(ON)CC1. The zero-order valence-electron chi connectivity index (χ0n) is 12.9. The summed E-state index contributed by atoms with van der Waals surface area (Å²) < 4.78 is 5.35. The van der Waals surface area contributed by atoms with Crippen molar-refractivity contribution in [3.8, 4) is 0 Å². The van der Waals surface area contributed by atoms with Crippen LogP contribution in [0.15, 0.2) is 0 Å². The second kappa shape index (κ2) is 6.20. The number of likely N-dealkylation sites (tertiary alicyclic amines) is 1. The molecule has 0 saturated carbocycles. The summed E-state index contributed by atoms with van der Waals surface area (Å²) in [6, 6.07) is 0.511. The molecule has 5 nitrogen and oxygen atoms in total. The maximum Gasteiger partial charge on any atom is 0.309 e. The summed E-state index contributed by atoms with van der Waals surface area (Å²) in [6.07, 6.45) is 1.76. The molecule has 0 aromatic heterocycles. The molecule has 5 heteroatoms. The highest BCUT2D eigenvalue weighted by atomic mass is 16.6. The number of rotatable bonds is 4. The van der Waals surface area contributed by atoms with Gasteiger partial charge in [0, 0.05) is 19.1 Å². The standard InChI is InChI=1S/C14H28N2O3/c1-11(2)16-8-6-14(19-15,7-9-16)10-12(17)18-13(3,4)5/h11H,6-10,15H2,1-5H3. The largest absolute Gasteiger partial charge is 0.460 e. The van der Waals surface area contributed by atoms with Gasteiger partial charge in [-0.25, -0.2) is 5.90 Å². The van der Waals surface area contributed by atoms with Crippen molar-refractivity contribution in [1.82, 2.24) is 4.90 Å². The molecule has 0 atom stereocenters. The topological polar surface area (TPSA) is 64.8 Å². The van der Waals surface area contributed by atoms with Gasteiger partial charge >= 0.3 is 5.97 Å². The Labute approximate surface area is 116 Å². The fourth-order valence-electron chi connectivity index (χ4n) is 2.42. The van der Waals surface area contributed by atoms with Crippen LogP contribution in [-0.2, 0) is 14.4 Å². The van der Waals surface area contributed by atoms with Gasteiger partial charge in [0.15, 0.2) is 0 Å². The third-order valence-electron chi connectivity index (χ3n) is 3.58. The summed E-state index contributed by atoms with van der Waals surface area (Å²) >= 11 is 0. The molecule has 0 aliphatic carbocycles. The minimum atomic E-state index is -0.562. The summed E-state index contributed by atoms with van der Waals surface area (Å²) in [5.74, 6) is 5.21. The molecular formula is C14H28N2O3. The third kappa shape index (κ3) is 5.09. The Morgan fingerprint density at radius 1 is 1.32 bits per heavy atom. The Morgan fingerprint density at radius 2 is 1.84 bits per heavy atom. The van der Waals surface area contributed by atoms with Crippen LogP contribution in [0.2, 0.25) is 0 Å². The molecule has 19 heavy (non-hydrogen) atoms. The number of esters is 1. The van der Waals surface area contributed by atoms with Crippen molar-refractivity contribution in [2.75, 3.05) is 13.1 Å². The van der Waals surface area contributed by atoms with Gasteiger partial charge in [0.05, 0.1) is 6.42 Å². The summed E-state index contributed by atoms with van der Waals surface area (Å²) in [4.78, 5) is 19.5. The van der Waals surface area contributed by atoms with E-state index in [9.17, 15) is 4.79 Å². The van der Waals surface area contributed by atoms with Gasteiger partial charge in [-0.15, -0.1) is 0 Å². The molecule has 0 unspecified atom stereocenters. The maximum absolute atomic E-state index is 11.9. The Hall–Kier alpha value is -0.650. The summed E-state index contributed by atoms with van der Waals surface area (Å²) in [5, 5.41) is 0. The van der Waals surface area contributed by atoms with Crippen LogP contribution in [0.3, 0.4) is 0 Å². The Kier molecular flexibility index (Phi) is 5.35. The number of hydrogen-bond donors (Lipinski definition) is 1. The first-order chi connectivity index (χ1) is 8.67. The maximum atomic E-state index is 11.9. The first-order valence-electron chi connectivity index (χ1n) is 7.01. The molecule has 1 aliphatic heterocycles. The molecule has 2 N–H and O–H groups in total. The first-order valence-corrected chi connectivity index (χ1v) is 7.01. The molecule has 0 bridgehead atoms. The minimum Gasteiger partial charge on any atom is -0.460 e. The number of piperidine rings is 1. The lowest BCUT2D eigenvalue weighted by Gasteiger charge is -2.41. The lowest BCUT2D eigenvalue weighted by molar-refractivity contribution is -0.167. The smallest absolute Gasteiger partial charge is 0.309 e. The summed E-state index contributed by atoms with van der Waals surface area (Å²) in [5.41, 5.74) is -1.03. The van der Waals surface area contributed by atoms with Crippen LogP contribution >= 0.6 is 0 Å². The predicted octanol–water partition coefficient (Wildman–Crippen LogP) is 1.85. The van der Waals surface area contributed by atoms with E-state index in [0.29, 0.717) is 6.04 Å². The van der Waals surface area contributed by atoms with Crippen molar-refractivity contribution in [3.63, 3.8) is 0 Å². The lowest BCUT2D eigenvalue weighted by atomic mass is 9.87. The number of carbonyl (C=O) groups is 1. The highest BCUT2D eigenvalue weighted by Crippen LogP contribution is 2.30. The molecule has 1 heterocycles. The second-order valence-electron chi connectivity index (χ2n) is 6.69. The van der Waals surface area contributed by atoms with Gasteiger partial charge in [-0.05, 0) is 47.5 Å². The van der Waals surface area contributed by atoms with E-state index in [1.807, 2.05) is 20.8 Å². The zero-order chi connectivity index (χ0) is 14.7. The molecule has 1 fully saturated rings. The number of carbonyl (C=O) groups excluding carboxylic acids is 1. The van der Waals surface area contributed by atoms with Gasteiger partial charge < -0.3 is 9.64 Å². The fraction of sp³-hybridized carbons (Fsp3) is 0.929. The fourth-order valence-corrected chi connectivity index (χ4v) is 2.42. The molecule has 1 aliphatic rings. The molecule has 0 spiro atoms. The van der Waals surface area contributed by atoms with E-state index < -0.39 is 11.2 Å². The van der Waals surface area contributed by atoms with Gasteiger partial charge in [0.2, 0.25) is 0 Å². The van der Waals surface area contributed by atoms with Gasteiger partial charge in [0.1, 0.15) is 11.2 Å². The van der Waals surface area contributed by atoms with Crippen LogP contribution in [0, 0.1) is 0 Å². The number of hydrogen-bond acceptors (Lipinski definition) is 5. The van der Waals surface area contributed by atoms with Gasteiger partial charge in [-0.2, -0.15) is 0 Å². The molecule has 1 saturated heterocycles.